The van der Waals surface area contributed by atoms with Crippen LogP contribution in [0.15, 0.2) is 0 Å². The van der Waals surface area contributed by atoms with Crippen molar-refractivity contribution in [3.8, 4) is 0 Å². The Labute approximate surface area is 134 Å². The lowest BCUT2D eigenvalue weighted by molar-refractivity contribution is -0.136. The predicted octanol–water partition coefficient (Wildman–Crippen LogP) is 1.69. The highest BCUT2D eigenvalue weighted by molar-refractivity contribution is 5.87. The zero-order valence-corrected chi connectivity index (χ0v) is 14.2. The number of rotatable bonds is 6. The van der Waals surface area contributed by atoms with Crippen LogP contribution in [0.2, 0.25) is 0 Å². The standard InChI is InChI=1S/C15H29N3O2.ClH/c1-4-7-12-8-5-6-9-18(12)13(19)10-17-15(20)14(16)11(2)3;/h11-12,14H,4-10,16H2,1-3H3,(H,17,20);1H/t12?,14-;/m0./s1. The maximum atomic E-state index is 12.3. The van der Waals surface area contributed by atoms with Crippen LogP contribution in [0.25, 0.3) is 0 Å². The van der Waals surface area contributed by atoms with Crippen molar-refractivity contribution in [3.63, 3.8) is 0 Å². The third kappa shape index (κ3) is 6.22. The molecule has 0 radical (unpaired) electrons. The van der Waals surface area contributed by atoms with Crippen LogP contribution in [0.5, 0.6) is 0 Å². The molecular weight excluding hydrogens is 290 g/mol. The van der Waals surface area contributed by atoms with E-state index in [1.165, 1.54) is 6.42 Å². The first-order valence-electron chi connectivity index (χ1n) is 7.80. The smallest absolute Gasteiger partial charge is 0.242 e. The summed E-state index contributed by atoms with van der Waals surface area (Å²) in [4.78, 5) is 26.0. The van der Waals surface area contributed by atoms with Gasteiger partial charge >= 0.3 is 0 Å². The van der Waals surface area contributed by atoms with Gasteiger partial charge in [0.2, 0.25) is 11.8 Å². The molecular formula is C15H30ClN3O2. The van der Waals surface area contributed by atoms with Crippen LogP contribution in [-0.4, -0.2) is 41.9 Å². The van der Waals surface area contributed by atoms with Crippen molar-refractivity contribution in [3.05, 3.63) is 0 Å². The average molecular weight is 320 g/mol. The molecule has 1 fully saturated rings. The van der Waals surface area contributed by atoms with E-state index in [9.17, 15) is 9.59 Å². The number of amides is 2. The van der Waals surface area contributed by atoms with Crippen molar-refractivity contribution >= 4 is 24.2 Å². The van der Waals surface area contributed by atoms with E-state index in [2.05, 4.69) is 12.2 Å². The number of hydrogen-bond donors (Lipinski definition) is 2. The Balaban J connectivity index is 0.00000400. The first-order chi connectivity index (χ1) is 9.47. The molecule has 5 nitrogen and oxygen atoms in total. The van der Waals surface area contributed by atoms with E-state index in [1.807, 2.05) is 18.7 Å². The fourth-order valence-corrected chi connectivity index (χ4v) is 2.65. The Bertz CT molecular complexity index is 335. The van der Waals surface area contributed by atoms with Crippen molar-refractivity contribution in [2.45, 2.75) is 65.0 Å². The number of likely N-dealkylation sites (tertiary alicyclic amines) is 1. The van der Waals surface area contributed by atoms with Crippen LogP contribution >= 0.6 is 12.4 Å². The van der Waals surface area contributed by atoms with E-state index < -0.39 is 6.04 Å². The summed E-state index contributed by atoms with van der Waals surface area (Å²) in [5.74, 6) is -0.141. The van der Waals surface area contributed by atoms with Gasteiger partial charge in [-0.2, -0.15) is 0 Å². The van der Waals surface area contributed by atoms with E-state index in [0.29, 0.717) is 6.04 Å². The van der Waals surface area contributed by atoms with Gasteiger partial charge in [-0.25, -0.2) is 0 Å². The summed E-state index contributed by atoms with van der Waals surface area (Å²) in [6, 6.07) is -0.201. The molecule has 0 saturated carbocycles. The minimum absolute atomic E-state index is 0. The van der Waals surface area contributed by atoms with Crippen LogP contribution in [0.1, 0.15) is 52.9 Å². The molecule has 2 amide bonds. The molecule has 6 heteroatoms. The van der Waals surface area contributed by atoms with Crippen LogP contribution in [0.3, 0.4) is 0 Å². The van der Waals surface area contributed by atoms with Gasteiger partial charge in [-0.1, -0.05) is 27.2 Å². The molecule has 0 aromatic rings. The third-order valence-electron chi connectivity index (χ3n) is 4.00. The van der Waals surface area contributed by atoms with Crippen LogP contribution in [0, 0.1) is 5.92 Å². The zero-order valence-electron chi connectivity index (χ0n) is 13.4. The Morgan fingerprint density at radius 3 is 2.57 bits per heavy atom. The molecule has 1 aliphatic rings. The Morgan fingerprint density at radius 2 is 2.00 bits per heavy atom. The van der Waals surface area contributed by atoms with Crippen molar-refractivity contribution in [1.29, 1.82) is 0 Å². The van der Waals surface area contributed by atoms with Gasteiger partial charge in [-0.3, -0.25) is 9.59 Å². The highest BCUT2D eigenvalue weighted by atomic mass is 35.5. The van der Waals surface area contributed by atoms with E-state index in [1.54, 1.807) is 0 Å². The molecule has 0 bridgehead atoms. The number of carbonyl (C=O) groups excluding carboxylic acids is 2. The summed E-state index contributed by atoms with van der Waals surface area (Å²) in [6.07, 6.45) is 5.47. The van der Waals surface area contributed by atoms with Gasteiger partial charge in [-0.15, -0.1) is 12.4 Å². The normalized spacial score (nSPS) is 19.9. The predicted molar refractivity (Wildman–Crippen MR) is 87.3 cm³/mol. The molecule has 21 heavy (non-hydrogen) atoms. The minimum atomic E-state index is -0.546. The highest BCUT2D eigenvalue weighted by Gasteiger charge is 2.26. The average Bonchev–Trinajstić information content (AvgIpc) is 2.44. The molecule has 3 N–H and O–H groups in total. The van der Waals surface area contributed by atoms with Crippen LogP contribution in [-0.2, 0) is 9.59 Å². The highest BCUT2D eigenvalue weighted by Crippen LogP contribution is 2.20. The lowest BCUT2D eigenvalue weighted by Crippen LogP contribution is -2.51. The summed E-state index contributed by atoms with van der Waals surface area (Å²) >= 11 is 0. The van der Waals surface area contributed by atoms with Gasteiger partial charge in [0, 0.05) is 12.6 Å². The van der Waals surface area contributed by atoms with E-state index >= 15 is 0 Å². The number of nitrogens with one attached hydrogen (secondary N) is 1. The van der Waals surface area contributed by atoms with E-state index in [-0.39, 0.29) is 36.7 Å². The first-order valence-corrected chi connectivity index (χ1v) is 7.80. The third-order valence-corrected chi connectivity index (χ3v) is 4.00. The van der Waals surface area contributed by atoms with E-state index in [4.69, 9.17) is 5.73 Å². The van der Waals surface area contributed by atoms with Gasteiger partial charge in [0.25, 0.3) is 0 Å². The number of piperidine rings is 1. The van der Waals surface area contributed by atoms with Gasteiger partial charge in [0.1, 0.15) is 0 Å². The quantitative estimate of drug-likeness (QED) is 0.782. The topological polar surface area (TPSA) is 75.4 Å². The molecule has 1 aliphatic heterocycles. The SMILES string of the molecule is CCCC1CCCCN1C(=O)CNC(=O)[C@@H](N)C(C)C.Cl. The van der Waals surface area contributed by atoms with Gasteiger partial charge < -0.3 is 16.0 Å². The second kappa shape index (κ2) is 10.0. The Morgan fingerprint density at radius 1 is 1.33 bits per heavy atom. The largest absolute Gasteiger partial charge is 0.346 e. The molecule has 2 atom stereocenters. The zero-order chi connectivity index (χ0) is 15.1. The van der Waals surface area contributed by atoms with Crippen LogP contribution in [0.4, 0.5) is 0 Å². The summed E-state index contributed by atoms with van der Waals surface area (Å²) in [6.45, 7) is 6.82. The first kappa shape index (κ1) is 20.2. The molecule has 124 valence electrons. The summed E-state index contributed by atoms with van der Waals surface area (Å²) < 4.78 is 0. The Kier molecular flexibility index (Phi) is 9.62. The molecule has 1 unspecified atom stereocenters. The molecule has 0 spiro atoms. The van der Waals surface area contributed by atoms with E-state index in [0.717, 1.165) is 32.2 Å². The minimum Gasteiger partial charge on any atom is -0.346 e. The molecule has 0 aliphatic carbocycles. The summed E-state index contributed by atoms with van der Waals surface area (Å²) in [7, 11) is 0. The monoisotopic (exact) mass is 319 g/mol. The maximum Gasteiger partial charge on any atom is 0.242 e. The molecule has 0 aromatic carbocycles. The van der Waals surface area contributed by atoms with Gasteiger partial charge in [-0.05, 0) is 31.6 Å². The summed E-state index contributed by atoms with van der Waals surface area (Å²) in [5.41, 5.74) is 5.76. The second-order valence-corrected chi connectivity index (χ2v) is 6.01. The molecule has 1 heterocycles. The lowest BCUT2D eigenvalue weighted by Gasteiger charge is -2.36. The van der Waals surface area contributed by atoms with Crippen molar-refractivity contribution < 1.29 is 9.59 Å². The number of carbonyl (C=O) groups is 2. The number of hydrogen-bond acceptors (Lipinski definition) is 3. The second-order valence-electron chi connectivity index (χ2n) is 6.01. The fraction of sp³-hybridized carbons (Fsp3) is 0.867. The molecule has 1 rings (SSSR count). The number of nitrogens with two attached hydrogens (primary N) is 1. The van der Waals surface area contributed by atoms with Crippen molar-refractivity contribution in [1.82, 2.24) is 10.2 Å². The summed E-state index contributed by atoms with van der Waals surface area (Å²) in [5, 5.41) is 2.67. The number of nitrogens with zero attached hydrogens (tertiary/aromatic N) is 1. The number of halogens is 1. The van der Waals surface area contributed by atoms with Gasteiger partial charge in [0.05, 0.1) is 12.6 Å². The molecule has 0 aromatic heterocycles. The molecule has 1 saturated heterocycles. The Hall–Kier alpha value is -0.810. The fourth-order valence-electron chi connectivity index (χ4n) is 2.65. The van der Waals surface area contributed by atoms with Crippen molar-refractivity contribution in [2.24, 2.45) is 11.7 Å². The lowest BCUT2D eigenvalue weighted by atomic mass is 9.98. The van der Waals surface area contributed by atoms with Gasteiger partial charge in [0.15, 0.2) is 0 Å². The maximum absolute atomic E-state index is 12.3. The van der Waals surface area contributed by atoms with Crippen LogP contribution < -0.4 is 11.1 Å². The van der Waals surface area contributed by atoms with Crippen molar-refractivity contribution in [2.75, 3.05) is 13.1 Å².